The molecular weight excluding hydrogens is 439 g/mol. The molecule has 0 bridgehead atoms. The number of nitrogens with one attached hydrogen (secondary N) is 1. The quantitative estimate of drug-likeness (QED) is 0.285. The van der Waals surface area contributed by atoms with Crippen molar-refractivity contribution in [1.82, 2.24) is 5.32 Å². The molecule has 5 heteroatoms. The Morgan fingerprint density at radius 3 is 2.23 bits per heavy atom. The van der Waals surface area contributed by atoms with Gasteiger partial charge in [0.15, 0.2) is 0 Å². The molecule has 4 rings (SSSR count). The zero-order valence-corrected chi connectivity index (χ0v) is 20.6. The molecule has 1 saturated carbocycles. The number of aliphatic hydroxyl groups excluding tert-OH is 1. The topological polar surface area (TPSA) is 53.9 Å². The van der Waals surface area contributed by atoms with Crippen LogP contribution in [0.4, 0.5) is 4.39 Å². The number of benzene rings is 3. The van der Waals surface area contributed by atoms with E-state index in [4.69, 9.17) is 4.74 Å². The van der Waals surface area contributed by atoms with Gasteiger partial charge < -0.3 is 15.2 Å². The minimum atomic E-state index is -0.432. The van der Waals surface area contributed by atoms with Crippen molar-refractivity contribution in [2.75, 3.05) is 13.7 Å². The van der Waals surface area contributed by atoms with Gasteiger partial charge in [-0.3, -0.25) is 0 Å². The Morgan fingerprint density at radius 2 is 1.60 bits per heavy atom. The molecule has 0 radical (unpaired) electrons. The van der Waals surface area contributed by atoms with Crippen molar-refractivity contribution in [3.05, 3.63) is 95.8 Å². The normalized spacial score (nSPS) is 17.1. The van der Waals surface area contributed by atoms with Crippen molar-refractivity contribution in [3.8, 4) is 11.1 Å². The Balaban J connectivity index is 1.54. The highest BCUT2D eigenvalue weighted by Gasteiger charge is 2.43. The molecule has 35 heavy (non-hydrogen) atoms. The van der Waals surface area contributed by atoms with Crippen LogP contribution in [0.25, 0.3) is 11.1 Å². The van der Waals surface area contributed by atoms with Gasteiger partial charge >= 0.3 is 0 Å². The summed E-state index contributed by atoms with van der Waals surface area (Å²) >= 11 is 0. The molecule has 1 fully saturated rings. The van der Waals surface area contributed by atoms with Gasteiger partial charge in [-0.2, -0.15) is 0 Å². The summed E-state index contributed by atoms with van der Waals surface area (Å²) in [6.07, 6.45) is 4.40. The first-order chi connectivity index (χ1) is 17.1. The number of hydrogen-bond acceptors (Lipinski definition) is 3. The summed E-state index contributed by atoms with van der Waals surface area (Å²) in [5.74, 6) is -0.158. The lowest BCUT2D eigenvalue weighted by Gasteiger charge is -2.37. The number of nitrogens with zero attached hydrogens (tertiary/aromatic N) is 1. The predicted molar refractivity (Wildman–Crippen MR) is 140 cm³/mol. The van der Waals surface area contributed by atoms with Crippen molar-refractivity contribution in [2.24, 2.45) is 4.99 Å². The molecule has 0 saturated heterocycles. The van der Waals surface area contributed by atoms with E-state index in [0.29, 0.717) is 18.0 Å². The van der Waals surface area contributed by atoms with Gasteiger partial charge in [0.1, 0.15) is 11.4 Å². The van der Waals surface area contributed by atoms with Crippen molar-refractivity contribution in [1.29, 1.82) is 0 Å². The Kier molecular flexibility index (Phi) is 8.19. The Labute approximate surface area is 207 Å². The molecule has 0 heterocycles. The van der Waals surface area contributed by atoms with E-state index in [1.54, 1.807) is 25.2 Å². The summed E-state index contributed by atoms with van der Waals surface area (Å²) in [4.78, 5) is 4.38. The van der Waals surface area contributed by atoms with Gasteiger partial charge in [-0.05, 0) is 54.9 Å². The second-order valence-electron chi connectivity index (χ2n) is 9.34. The van der Waals surface area contributed by atoms with Gasteiger partial charge in [0, 0.05) is 25.1 Å². The van der Waals surface area contributed by atoms with Gasteiger partial charge in [0.2, 0.25) is 0 Å². The maximum Gasteiger partial charge on any atom is 0.285 e. The summed E-state index contributed by atoms with van der Waals surface area (Å²) in [6.45, 7) is 2.15. The minimum absolute atomic E-state index is 0.0711. The first-order valence-corrected chi connectivity index (χ1v) is 12.5. The molecule has 3 aromatic rings. The van der Waals surface area contributed by atoms with Crippen LogP contribution in [0.2, 0.25) is 0 Å². The third-order valence-corrected chi connectivity index (χ3v) is 7.26. The smallest absolute Gasteiger partial charge is 0.285 e. The van der Waals surface area contributed by atoms with Crippen LogP contribution >= 0.6 is 0 Å². The van der Waals surface area contributed by atoms with Crippen molar-refractivity contribution >= 4 is 6.02 Å². The van der Waals surface area contributed by atoms with Gasteiger partial charge in [0.05, 0.1) is 6.04 Å². The third kappa shape index (κ3) is 5.73. The molecule has 2 N–H and O–H groups in total. The predicted octanol–water partition coefficient (Wildman–Crippen LogP) is 6.62. The van der Waals surface area contributed by atoms with E-state index >= 15 is 0 Å². The molecular formula is C30H35FN2O2. The number of halogens is 1. The standard InChI is InChI=1S/C30H35FN2O2/c1-22(23-14-16-25(17-15-23)24-10-4-3-5-11-24)30(19-8-9-20-30)35-29(32-2)33-28(18-21-34)26-12-6-7-13-27(26)31/h3-7,10-17,22,28,34H,8-9,18-21H2,1-2H3,(H,32,33)/t22?,28-/m0/s1. The maximum atomic E-state index is 14.5. The van der Waals surface area contributed by atoms with Gasteiger partial charge in [-0.15, -0.1) is 0 Å². The summed E-state index contributed by atoms with van der Waals surface area (Å²) < 4.78 is 21.2. The monoisotopic (exact) mass is 474 g/mol. The fraction of sp³-hybridized carbons (Fsp3) is 0.367. The SMILES string of the molecule is CN=C(N[C@@H](CCO)c1ccccc1F)OC1(C(C)c2ccc(-c3ccccc3)cc2)CCCC1. The van der Waals surface area contributed by atoms with Gasteiger partial charge in [-0.25, -0.2) is 9.38 Å². The second kappa shape index (κ2) is 11.5. The number of aliphatic hydroxyl groups is 1. The minimum Gasteiger partial charge on any atom is -0.458 e. The van der Waals surface area contributed by atoms with Crippen LogP contribution in [-0.2, 0) is 4.74 Å². The Hall–Kier alpha value is -3.18. The molecule has 3 aromatic carbocycles. The van der Waals surface area contributed by atoms with Crippen LogP contribution in [0.15, 0.2) is 83.9 Å². The van der Waals surface area contributed by atoms with E-state index in [9.17, 15) is 9.50 Å². The van der Waals surface area contributed by atoms with Crippen LogP contribution in [0, 0.1) is 5.82 Å². The fourth-order valence-corrected chi connectivity index (χ4v) is 5.17. The second-order valence-corrected chi connectivity index (χ2v) is 9.34. The highest BCUT2D eigenvalue weighted by atomic mass is 19.1. The Morgan fingerprint density at radius 1 is 0.971 bits per heavy atom. The molecule has 1 aliphatic carbocycles. The van der Waals surface area contributed by atoms with E-state index in [1.165, 1.54) is 22.8 Å². The molecule has 1 aliphatic rings. The number of rotatable bonds is 8. The first-order valence-electron chi connectivity index (χ1n) is 12.5. The van der Waals surface area contributed by atoms with Crippen molar-refractivity contribution in [2.45, 2.75) is 56.6 Å². The molecule has 184 valence electrons. The molecule has 4 nitrogen and oxygen atoms in total. The highest BCUT2D eigenvalue weighted by molar-refractivity contribution is 5.74. The largest absolute Gasteiger partial charge is 0.458 e. The number of hydrogen-bond donors (Lipinski definition) is 2. The average Bonchev–Trinajstić information content (AvgIpc) is 3.38. The summed E-state index contributed by atoms with van der Waals surface area (Å²) in [5, 5.41) is 12.9. The number of ether oxygens (including phenoxy) is 1. The zero-order chi connectivity index (χ0) is 24.7. The lowest BCUT2D eigenvalue weighted by atomic mass is 9.81. The van der Waals surface area contributed by atoms with E-state index in [-0.39, 0.29) is 18.3 Å². The average molecular weight is 475 g/mol. The lowest BCUT2D eigenvalue weighted by Crippen LogP contribution is -2.43. The molecule has 0 spiro atoms. The number of amidine groups is 1. The van der Waals surface area contributed by atoms with E-state index in [0.717, 1.165) is 25.7 Å². The van der Waals surface area contributed by atoms with Gasteiger partial charge in [0.25, 0.3) is 6.02 Å². The molecule has 2 atom stereocenters. The zero-order valence-electron chi connectivity index (χ0n) is 20.6. The van der Waals surface area contributed by atoms with Crippen LogP contribution < -0.4 is 5.32 Å². The number of aliphatic imine (C=N–C) groups is 1. The van der Waals surface area contributed by atoms with Crippen molar-refractivity contribution in [3.63, 3.8) is 0 Å². The fourth-order valence-electron chi connectivity index (χ4n) is 5.17. The lowest BCUT2D eigenvalue weighted by molar-refractivity contribution is 0.0317. The summed E-state index contributed by atoms with van der Waals surface area (Å²) in [7, 11) is 1.68. The molecule has 1 unspecified atom stereocenters. The molecule has 0 aliphatic heterocycles. The van der Waals surface area contributed by atoms with Crippen LogP contribution in [0.5, 0.6) is 0 Å². The van der Waals surface area contributed by atoms with Crippen LogP contribution in [-0.4, -0.2) is 30.4 Å². The van der Waals surface area contributed by atoms with Crippen LogP contribution in [0.1, 0.15) is 62.1 Å². The summed E-state index contributed by atoms with van der Waals surface area (Å²) in [5.41, 5.74) is 3.72. The van der Waals surface area contributed by atoms with Crippen LogP contribution in [0.3, 0.4) is 0 Å². The molecule has 0 aromatic heterocycles. The maximum absolute atomic E-state index is 14.5. The van der Waals surface area contributed by atoms with E-state index < -0.39 is 11.6 Å². The van der Waals surface area contributed by atoms with Gasteiger partial charge in [-0.1, -0.05) is 79.7 Å². The van der Waals surface area contributed by atoms with E-state index in [1.807, 2.05) is 6.07 Å². The highest BCUT2D eigenvalue weighted by Crippen LogP contribution is 2.44. The molecule has 0 amide bonds. The first kappa shape index (κ1) is 24.9. The third-order valence-electron chi connectivity index (χ3n) is 7.26. The summed E-state index contributed by atoms with van der Waals surface area (Å²) in [6, 6.07) is 25.7. The van der Waals surface area contributed by atoms with E-state index in [2.05, 4.69) is 65.8 Å². The van der Waals surface area contributed by atoms with Crippen molar-refractivity contribution < 1.29 is 14.2 Å². The Bertz CT molecular complexity index is 1110.